The Morgan fingerprint density at radius 2 is 1.75 bits per heavy atom. The summed E-state index contributed by atoms with van der Waals surface area (Å²) in [4.78, 5) is 0. The summed E-state index contributed by atoms with van der Waals surface area (Å²) in [6.07, 6.45) is 1.58. The molecule has 2 nitrogen and oxygen atoms in total. The van der Waals surface area contributed by atoms with Crippen molar-refractivity contribution in [3.8, 4) is 0 Å². The fourth-order valence-corrected chi connectivity index (χ4v) is 2.28. The normalized spacial score (nSPS) is 11.1. The number of aromatic nitrogens is 2. The topological polar surface area (TPSA) is 25.8 Å². The molecule has 20 heavy (non-hydrogen) atoms. The summed E-state index contributed by atoms with van der Waals surface area (Å²) in [6.45, 7) is 8.19. The van der Waals surface area contributed by atoms with E-state index >= 15 is 0 Å². The van der Waals surface area contributed by atoms with E-state index in [2.05, 4.69) is 37.0 Å². The molecule has 0 atom stereocenters. The lowest BCUT2D eigenvalue weighted by molar-refractivity contribution is 0.623. The van der Waals surface area contributed by atoms with Gasteiger partial charge in [-0.05, 0) is 67.5 Å². The predicted molar refractivity (Wildman–Crippen MR) is 79.4 cm³/mol. The quantitative estimate of drug-likeness (QED) is 0.836. The Kier molecular flexibility index (Phi) is 4.48. The third-order valence-corrected chi connectivity index (χ3v) is 3.45. The lowest BCUT2D eigenvalue weighted by Gasteiger charge is -2.09. The summed E-state index contributed by atoms with van der Waals surface area (Å²) in [5.74, 6) is 0.221. The minimum absolute atomic E-state index is 0.169. The van der Waals surface area contributed by atoms with Gasteiger partial charge in [0.15, 0.2) is 0 Å². The van der Waals surface area contributed by atoms with E-state index in [1.165, 1.54) is 0 Å². The van der Waals surface area contributed by atoms with Crippen LogP contribution in [0.15, 0.2) is 24.3 Å². The molecule has 0 saturated carbocycles. The molecule has 0 aliphatic heterocycles. The third kappa shape index (κ3) is 3.62. The molecule has 0 bridgehead atoms. The zero-order valence-corrected chi connectivity index (χ0v) is 12.6. The van der Waals surface area contributed by atoms with Crippen molar-refractivity contribution >= 4 is 0 Å². The van der Waals surface area contributed by atoms with Gasteiger partial charge >= 0.3 is 0 Å². The maximum atomic E-state index is 13.3. The molecule has 2 aromatic rings. The van der Waals surface area contributed by atoms with Crippen molar-refractivity contribution in [1.29, 1.82) is 0 Å². The first kappa shape index (κ1) is 14.6. The predicted octanol–water partition coefficient (Wildman–Crippen LogP) is 4.14. The molecule has 1 aromatic carbocycles. The van der Waals surface area contributed by atoms with Gasteiger partial charge in [-0.15, -0.1) is 0 Å². The number of benzene rings is 1. The second-order valence-electron chi connectivity index (χ2n) is 5.69. The molecule has 3 heteroatoms. The molecule has 106 valence electrons. The van der Waals surface area contributed by atoms with Crippen LogP contribution >= 0.6 is 0 Å². The van der Waals surface area contributed by atoms with E-state index in [0.717, 1.165) is 40.9 Å². The van der Waals surface area contributed by atoms with Gasteiger partial charge in [-0.3, -0.25) is 0 Å². The summed E-state index contributed by atoms with van der Waals surface area (Å²) >= 11 is 0. The van der Waals surface area contributed by atoms with E-state index in [1.807, 2.05) is 13.0 Å². The Morgan fingerprint density at radius 1 is 1.00 bits per heavy atom. The van der Waals surface area contributed by atoms with Crippen LogP contribution in [0.25, 0.3) is 0 Å². The number of hydrogen-bond acceptors (Lipinski definition) is 2. The summed E-state index contributed by atoms with van der Waals surface area (Å²) in [6, 6.07) is 7.27. The Balaban J connectivity index is 2.11. The molecule has 0 saturated heterocycles. The van der Waals surface area contributed by atoms with Gasteiger partial charge in [0.25, 0.3) is 0 Å². The van der Waals surface area contributed by atoms with E-state index in [9.17, 15) is 4.39 Å². The first-order chi connectivity index (χ1) is 9.45. The van der Waals surface area contributed by atoms with E-state index in [-0.39, 0.29) is 5.82 Å². The zero-order valence-electron chi connectivity index (χ0n) is 12.6. The highest BCUT2D eigenvalue weighted by molar-refractivity contribution is 5.26. The van der Waals surface area contributed by atoms with Crippen LogP contribution in [0.1, 0.15) is 47.8 Å². The van der Waals surface area contributed by atoms with E-state index in [0.29, 0.717) is 5.92 Å². The molecule has 1 aromatic heterocycles. The van der Waals surface area contributed by atoms with Crippen LogP contribution in [0.3, 0.4) is 0 Å². The van der Waals surface area contributed by atoms with Crippen molar-refractivity contribution in [2.24, 2.45) is 0 Å². The maximum Gasteiger partial charge on any atom is 0.123 e. The van der Waals surface area contributed by atoms with Crippen molar-refractivity contribution in [2.75, 3.05) is 0 Å². The zero-order chi connectivity index (χ0) is 14.7. The van der Waals surface area contributed by atoms with Gasteiger partial charge in [-0.25, -0.2) is 4.39 Å². The molecular formula is C17H21FN2. The Morgan fingerprint density at radius 3 is 2.35 bits per heavy atom. The molecule has 1 heterocycles. The molecule has 0 aliphatic rings. The van der Waals surface area contributed by atoms with Gasteiger partial charge in [-0.1, -0.05) is 19.9 Å². The number of aryl methyl sites for hydroxylation is 4. The second-order valence-corrected chi connectivity index (χ2v) is 5.69. The van der Waals surface area contributed by atoms with E-state index in [1.54, 1.807) is 12.1 Å². The number of nitrogens with zero attached hydrogens (tertiary/aromatic N) is 2. The SMILES string of the molecule is Cc1cc(F)cc(CCc2nnc(C(C)C)cc2C)c1. The van der Waals surface area contributed by atoms with Gasteiger partial charge in [0.05, 0.1) is 11.4 Å². The van der Waals surface area contributed by atoms with Gasteiger partial charge in [0.2, 0.25) is 0 Å². The van der Waals surface area contributed by atoms with Crippen molar-refractivity contribution in [3.05, 3.63) is 58.2 Å². The molecule has 0 spiro atoms. The van der Waals surface area contributed by atoms with Crippen LogP contribution < -0.4 is 0 Å². The lowest BCUT2D eigenvalue weighted by atomic mass is 10.0. The van der Waals surface area contributed by atoms with Crippen LogP contribution in [0.2, 0.25) is 0 Å². The number of hydrogen-bond donors (Lipinski definition) is 0. The highest BCUT2D eigenvalue weighted by atomic mass is 19.1. The van der Waals surface area contributed by atoms with Crippen molar-refractivity contribution in [1.82, 2.24) is 10.2 Å². The van der Waals surface area contributed by atoms with Crippen molar-refractivity contribution in [2.45, 2.75) is 46.5 Å². The maximum absolute atomic E-state index is 13.3. The molecule has 2 rings (SSSR count). The number of halogens is 1. The van der Waals surface area contributed by atoms with Crippen LogP contribution in [0.5, 0.6) is 0 Å². The minimum atomic E-state index is -0.169. The molecule has 0 unspecified atom stereocenters. The monoisotopic (exact) mass is 272 g/mol. The largest absolute Gasteiger partial charge is 0.207 e. The summed E-state index contributed by atoms with van der Waals surface area (Å²) in [7, 11) is 0. The van der Waals surface area contributed by atoms with E-state index in [4.69, 9.17) is 0 Å². The summed E-state index contributed by atoms with van der Waals surface area (Å²) < 4.78 is 13.3. The highest BCUT2D eigenvalue weighted by Crippen LogP contribution is 2.16. The fraction of sp³-hybridized carbons (Fsp3) is 0.412. The average molecular weight is 272 g/mol. The minimum Gasteiger partial charge on any atom is -0.207 e. The average Bonchev–Trinajstić information content (AvgIpc) is 2.36. The van der Waals surface area contributed by atoms with Crippen LogP contribution in [0, 0.1) is 19.7 Å². The highest BCUT2D eigenvalue weighted by Gasteiger charge is 2.07. The van der Waals surface area contributed by atoms with Gasteiger partial charge in [0, 0.05) is 0 Å². The standard InChI is InChI=1S/C17H21FN2/c1-11(2)17-9-13(4)16(19-20-17)6-5-14-7-12(3)8-15(18)10-14/h7-11H,5-6H2,1-4H3. The van der Waals surface area contributed by atoms with E-state index < -0.39 is 0 Å². The fourth-order valence-electron chi connectivity index (χ4n) is 2.28. The smallest absolute Gasteiger partial charge is 0.123 e. The number of rotatable bonds is 4. The van der Waals surface area contributed by atoms with Gasteiger partial charge in [-0.2, -0.15) is 10.2 Å². The molecule has 0 fully saturated rings. The first-order valence-corrected chi connectivity index (χ1v) is 7.05. The lowest BCUT2D eigenvalue weighted by Crippen LogP contribution is -2.04. The third-order valence-electron chi connectivity index (χ3n) is 3.45. The molecule has 0 amide bonds. The molecular weight excluding hydrogens is 251 g/mol. The van der Waals surface area contributed by atoms with Crippen LogP contribution in [-0.4, -0.2) is 10.2 Å². The second kappa shape index (κ2) is 6.12. The van der Waals surface area contributed by atoms with Crippen LogP contribution in [-0.2, 0) is 12.8 Å². The molecule has 0 N–H and O–H groups in total. The van der Waals surface area contributed by atoms with Gasteiger partial charge < -0.3 is 0 Å². The molecule has 0 radical (unpaired) electrons. The Hall–Kier alpha value is -1.77. The van der Waals surface area contributed by atoms with Crippen molar-refractivity contribution in [3.63, 3.8) is 0 Å². The van der Waals surface area contributed by atoms with Gasteiger partial charge in [0.1, 0.15) is 5.82 Å². The van der Waals surface area contributed by atoms with Crippen LogP contribution in [0.4, 0.5) is 4.39 Å². The summed E-state index contributed by atoms with van der Waals surface area (Å²) in [5, 5.41) is 8.58. The first-order valence-electron chi connectivity index (χ1n) is 7.05. The van der Waals surface area contributed by atoms with Crippen molar-refractivity contribution < 1.29 is 4.39 Å². The Labute approximate surface area is 120 Å². The summed E-state index contributed by atoms with van der Waals surface area (Å²) in [5.41, 5.74) is 5.15. The molecule has 0 aliphatic carbocycles. The Bertz CT molecular complexity index is 586.